The Bertz CT molecular complexity index is 883. The van der Waals surface area contributed by atoms with Gasteiger partial charge >= 0.3 is 0 Å². The Morgan fingerprint density at radius 3 is 3.08 bits per heavy atom. The first-order chi connectivity index (χ1) is 12.2. The number of ether oxygens (including phenoxy) is 1. The maximum atomic E-state index is 12.6. The number of benzene rings is 1. The van der Waals surface area contributed by atoms with Crippen LogP contribution in [0.25, 0.3) is 11.0 Å². The molecule has 0 bridgehead atoms. The van der Waals surface area contributed by atoms with Gasteiger partial charge in [-0.15, -0.1) is 0 Å². The zero-order valence-corrected chi connectivity index (χ0v) is 14.1. The maximum absolute atomic E-state index is 12.6. The molecule has 0 saturated carbocycles. The smallest absolute Gasteiger partial charge is 0.255 e. The number of rotatable bonds is 4. The predicted molar refractivity (Wildman–Crippen MR) is 93.2 cm³/mol. The van der Waals surface area contributed by atoms with Crippen LogP contribution in [0.2, 0.25) is 0 Å². The number of fused-ring (bicyclic) bond motifs is 1. The second kappa shape index (κ2) is 6.72. The largest absolute Gasteiger partial charge is 0.463 e. The van der Waals surface area contributed by atoms with Gasteiger partial charge in [0.15, 0.2) is 0 Å². The number of nitrogens with one attached hydrogen (secondary N) is 1. The van der Waals surface area contributed by atoms with Crippen LogP contribution in [0.15, 0.2) is 47.2 Å². The van der Waals surface area contributed by atoms with Crippen molar-refractivity contribution in [2.45, 2.75) is 18.9 Å². The lowest BCUT2D eigenvalue weighted by molar-refractivity contribution is -0.0317. The monoisotopic (exact) mass is 339 g/mol. The third-order valence-electron chi connectivity index (χ3n) is 4.85. The molecule has 2 aromatic heterocycles. The van der Waals surface area contributed by atoms with Gasteiger partial charge in [0.2, 0.25) is 0 Å². The lowest BCUT2D eigenvalue weighted by atomic mass is 9.92. The lowest BCUT2D eigenvalue weighted by Crippen LogP contribution is -2.35. The third kappa shape index (κ3) is 3.05. The van der Waals surface area contributed by atoms with E-state index in [1.54, 1.807) is 6.20 Å². The van der Waals surface area contributed by atoms with E-state index in [1.807, 2.05) is 42.1 Å². The molecule has 3 aromatic rings. The zero-order valence-electron chi connectivity index (χ0n) is 14.1. The van der Waals surface area contributed by atoms with Gasteiger partial charge < -0.3 is 14.5 Å². The van der Waals surface area contributed by atoms with E-state index in [1.165, 1.54) is 6.26 Å². The number of carbonyl (C=O) groups is 1. The summed E-state index contributed by atoms with van der Waals surface area (Å²) in [6.07, 6.45) is 5.28. The van der Waals surface area contributed by atoms with Crippen LogP contribution in [0.5, 0.6) is 0 Å². The summed E-state index contributed by atoms with van der Waals surface area (Å²) in [7, 11) is 1.92. The second-order valence-electron chi connectivity index (χ2n) is 6.43. The van der Waals surface area contributed by atoms with Crippen LogP contribution in [0.1, 0.15) is 35.0 Å². The van der Waals surface area contributed by atoms with E-state index >= 15 is 0 Å². The van der Waals surface area contributed by atoms with Crippen molar-refractivity contribution in [1.82, 2.24) is 15.1 Å². The lowest BCUT2D eigenvalue weighted by Gasteiger charge is -2.31. The first-order valence-electron chi connectivity index (χ1n) is 8.58. The molecule has 0 aliphatic carbocycles. The highest BCUT2D eigenvalue weighted by Crippen LogP contribution is 2.33. The number of hydrogen-bond acceptors (Lipinski definition) is 4. The second-order valence-corrected chi connectivity index (χ2v) is 6.43. The molecule has 25 heavy (non-hydrogen) atoms. The van der Waals surface area contributed by atoms with E-state index < -0.39 is 0 Å². The van der Waals surface area contributed by atoms with Crippen LogP contribution in [-0.2, 0) is 11.8 Å². The van der Waals surface area contributed by atoms with Crippen LogP contribution in [0.4, 0.5) is 0 Å². The van der Waals surface area contributed by atoms with Gasteiger partial charge in [-0.1, -0.05) is 18.2 Å². The van der Waals surface area contributed by atoms with Gasteiger partial charge in [0.1, 0.15) is 18.0 Å². The summed E-state index contributed by atoms with van der Waals surface area (Å²) < 4.78 is 13.3. The van der Waals surface area contributed by atoms with Crippen molar-refractivity contribution in [3.8, 4) is 0 Å². The normalized spacial score (nSPS) is 20.7. The Hall–Kier alpha value is -2.60. The summed E-state index contributed by atoms with van der Waals surface area (Å²) in [6, 6.07) is 9.54. The van der Waals surface area contributed by atoms with Gasteiger partial charge in [-0.05, 0) is 25.0 Å². The minimum Gasteiger partial charge on any atom is -0.463 e. The fourth-order valence-corrected chi connectivity index (χ4v) is 3.52. The molecule has 1 amide bonds. The highest BCUT2D eigenvalue weighted by molar-refractivity contribution is 6.05. The number of carbonyl (C=O) groups excluding carboxylic acids is 1. The highest BCUT2D eigenvalue weighted by atomic mass is 16.5. The average Bonchev–Trinajstić information content (AvgIpc) is 3.26. The number of para-hydroxylation sites is 1. The number of hydrogen-bond donors (Lipinski definition) is 1. The molecule has 1 fully saturated rings. The van der Waals surface area contributed by atoms with Crippen molar-refractivity contribution in [3.63, 3.8) is 0 Å². The average molecular weight is 339 g/mol. The van der Waals surface area contributed by atoms with Gasteiger partial charge in [0.05, 0.1) is 11.3 Å². The number of furan rings is 1. The van der Waals surface area contributed by atoms with E-state index in [2.05, 4.69) is 10.4 Å². The Morgan fingerprint density at radius 2 is 2.24 bits per heavy atom. The van der Waals surface area contributed by atoms with Crippen LogP contribution in [0, 0.1) is 5.92 Å². The van der Waals surface area contributed by atoms with E-state index in [4.69, 9.17) is 9.15 Å². The van der Waals surface area contributed by atoms with Crippen molar-refractivity contribution in [3.05, 3.63) is 54.0 Å². The SMILES string of the molecule is Cn1nccc1[C@@H]1OCCC[C@H]1CNC(=O)c1coc2ccccc12. The van der Waals surface area contributed by atoms with E-state index in [0.29, 0.717) is 12.1 Å². The van der Waals surface area contributed by atoms with Gasteiger partial charge in [-0.2, -0.15) is 5.10 Å². The Kier molecular flexibility index (Phi) is 4.28. The molecule has 1 aliphatic rings. The maximum Gasteiger partial charge on any atom is 0.255 e. The Balaban J connectivity index is 1.47. The van der Waals surface area contributed by atoms with Crippen LogP contribution in [-0.4, -0.2) is 28.8 Å². The first-order valence-corrected chi connectivity index (χ1v) is 8.58. The van der Waals surface area contributed by atoms with Gasteiger partial charge in [0, 0.05) is 37.7 Å². The molecule has 1 aromatic carbocycles. The van der Waals surface area contributed by atoms with Gasteiger partial charge in [-0.3, -0.25) is 9.48 Å². The molecule has 3 heterocycles. The molecular formula is C19H21N3O3. The Labute approximate surface area is 145 Å². The van der Waals surface area contributed by atoms with Crippen molar-refractivity contribution in [2.24, 2.45) is 13.0 Å². The molecule has 1 aliphatic heterocycles. The summed E-state index contributed by atoms with van der Waals surface area (Å²) in [6.45, 7) is 1.31. The molecule has 0 radical (unpaired) electrons. The highest BCUT2D eigenvalue weighted by Gasteiger charge is 2.30. The van der Waals surface area contributed by atoms with Crippen LogP contribution >= 0.6 is 0 Å². The van der Waals surface area contributed by atoms with E-state index in [9.17, 15) is 4.79 Å². The molecule has 1 N–H and O–H groups in total. The molecule has 6 heteroatoms. The molecule has 0 spiro atoms. The molecule has 1 saturated heterocycles. The minimum absolute atomic E-state index is 0.0392. The first kappa shape index (κ1) is 15.9. The van der Waals surface area contributed by atoms with Crippen molar-refractivity contribution < 1.29 is 13.9 Å². The number of nitrogens with zero attached hydrogens (tertiary/aromatic N) is 2. The fourth-order valence-electron chi connectivity index (χ4n) is 3.52. The standard InChI is InChI=1S/C19H21N3O3/c1-22-16(8-9-21-22)18-13(5-4-10-24-18)11-20-19(23)15-12-25-17-7-3-2-6-14(15)17/h2-3,6-9,12-13,18H,4-5,10-11H2,1H3,(H,20,23)/t13-,18+/m0/s1. The third-order valence-corrected chi connectivity index (χ3v) is 4.85. The minimum atomic E-state index is -0.112. The van der Waals surface area contributed by atoms with E-state index in [-0.39, 0.29) is 17.9 Å². The Morgan fingerprint density at radius 1 is 1.36 bits per heavy atom. The predicted octanol–water partition coefficient (Wildman–Crippen LogP) is 3.06. The quantitative estimate of drug-likeness (QED) is 0.793. The summed E-state index contributed by atoms with van der Waals surface area (Å²) >= 11 is 0. The molecule has 130 valence electrons. The number of aryl methyl sites for hydroxylation is 1. The summed E-state index contributed by atoms with van der Waals surface area (Å²) in [5.41, 5.74) is 2.35. The summed E-state index contributed by atoms with van der Waals surface area (Å²) in [4.78, 5) is 12.6. The topological polar surface area (TPSA) is 69.3 Å². The van der Waals surface area contributed by atoms with Crippen LogP contribution < -0.4 is 5.32 Å². The molecule has 2 atom stereocenters. The van der Waals surface area contributed by atoms with Crippen molar-refractivity contribution >= 4 is 16.9 Å². The van der Waals surface area contributed by atoms with Crippen LogP contribution in [0.3, 0.4) is 0 Å². The molecule has 6 nitrogen and oxygen atoms in total. The number of aromatic nitrogens is 2. The van der Waals surface area contributed by atoms with E-state index in [0.717, 1.165) is 36.1 Å². The van der Waals surface area contributed by atoms with Gasteiger partial charge in [-0.25, -0.2) is 0 Å². The molecular weight excluding hydrogens is 318 g/mol. The summed E-state index contributed by atoms with van der Waals surface area (Å²) in [5.74, 6) is 0.116. The molecule has 4 rings (SSSR count). The van der Waals surface area contributed by atoms with Crippen molar-refractivity contribution in [2.75, 3.05) is 13.2 Å². The fraction of sp³-hybridized carbons (Fsp3) is 0.368. The van der Waals surface area contributed by atoms with Gasteiger partial charge in [0.25, 0.3) is 5.91 Å². The summed E-state index contributed by atoms with van der Waals surface area (Å²) in [5, 5.41) is 8.12. The van der Waals surface area contributed by atoms with Crippen molar-refractivity contribution in [1.29, 1.82) is 0 Å². The molecule has 0 unspecified atom stereocenters. The number of amides is 1. The zero-order chi connectivity index (χ0) is 17.2.